The van der Waals surface area contributed by atoms with Crippen LogP contribution in [0.2, 0.25) is 6.04 Å². The summed E-state index contributed by atoms with van der Waals surface area (Å²) in [6.07, 6.45) is 5.31. The van der Waals surface area contributed by atoms with E-state index < -0.39 is 8.80 Å². The van der Waals surface area contributed by atoms with Crippen LogP contribution < -0.4 is 0 Å². The number of carbonyl (C=O) groups excluding carboxylic acids is 2. The van der Waals surface area contributed by atoms with E-state index in [2.05, 4.69) is 39.0 Å². The fraction of sp³-hybridized carbons (Fsp3) is 0.680. The maximum Gasteiger partial charge on any atom is 0.501 e. The fourth-order valence-electron chi connectivity index (χ4n) is 3.31. The Morgan fingerprint density at radius 1 is 0.697 bits per heavy atom. The van der Waals surface area contributed by atoms with E-state index in [0.717, 1.165) is 56.1 Å². The van der Waals surface area contributed by atoms with Crippen LogP contribution in [0.1, 0.15) is 70.6 Å². The second-order valence-corrected chi connectivity index (χ2v) is 13.3. The monoisotopic (exact) mass is 514 g/mol. The quantitative estimate of drug-likeness (QED) is 0.220. The summed E-state index contributed by atoms with van der Waals surface area (Å²) in [4.78, 5) is 22.7. The summed E-state index contributed by atoms with van der Waals surface area (Å²) in [5, 5.41) is 0.295. The van der Waals surface area contributed by atoms with E-state index in [1.165, 1.54) is 40.2 Å². The summed E-state index contributed by atoms with van der Waals surface area (Å²) in [5.74, 6) is 1.55. The summed E-state index contributed by atoms with van der Waals surface area (Å²) < 4.78 is 18.8. The van der Waals surface area contributed by atoms with Crippen molar-refractivity contribution in [2.75, 3.05) is 31.3 Å². The van der Waals surface area contributed by atoms with Crippen molar-refractivity contribution in [3.05, 3.63) is 34.9 Å². The molecule has 0 aliphatic rings. The molecule has 8 heteroatoms. The highest BCUT2D eigenvalue weighted by atomic mass is 32.2. The van der Waals surface area contributed by atoms with Gasteiger partial charge in [-0.2, -0.15) is 0 Å². The number of hydrogen-bond acceptors (Lipinski definition) is 7. The molecule has 0 aliphatic carbocycles. The van der Waals surface area contributed by atoms with Crippen LogP contribution >= 0.6 is 23.5 Å². The molecule has 0 aliphatic heterocycles. The highest BCUT2D eigenvalue weighted by Gasteiger charge is 2.40. The average Bonchev–Trinajstić information content (AvgIpc) is 2.77. The van der Waals surface area contributed by atoms with Crippen molar-refractivity contribution in [2.45, 2.75) is 79.2 Å². The molecule has 0 radical (unpaired) electrons. The molecule has 0 amide bonds. The van der Waals surface area contributed by atoms with Crippen LogP contribution in [0, 0.1) is 0 Å². The summed E-state index contributed by atoms with van der Waals surface area (Å²) >= 11 is 2.73. The lowest BCUT2D eigenvalue weighted by atomic mass is 10.0. The van der Waals surface area contributed by atoms with E-state index >= 15 is 0 Å². The Morgan fingerprint density at radius 3 is 1.39 bits per heavy atom. The summed E-state index contributed by atoms with van der Waals surface area (Å²) in [5.41, 5.74) is 3.70. The third kappa shape index (κ3) is 13.7. The molecule has 0 unspecified atom stereocenters. The first-order valence-electron chi connectivity index (χ1n) is 12.1. The van der Waals surface area contributed by atoms with E-state index in [1.54, 1.807) is 13.8 Å². The van der Waals surface area contributed by atoms with Gasteiger partial charge in [-0.25, -0.2) is 0 Å². The normalized spacial score (nSPS) is 11.7. The highest BCUT2D eigenvalue weighted by Crippen LogP contribution is 2.23. The van der Waals surface area contributed by atoms with E-state index in [-0.39, 0.29) is 10.2 Å². The predicted octanol–water partition coefficient (Wildman–Crippen LogP) is 6.09. The molecular formula is C25H42O5S2Si. The molecule has 0 fully saturated rings. The molecule has 1 rings (SSSR count). The lowest BCUT2D eigenvalue weighted by molar-refractivity contribution is -0.109. The standard InChI is InChI=1S/C25H42O5S2Si/c1-6-12-28-33(29-13-7-2,30-14-8-3)17-11-25-19-23(9-15-31-21(4)26)18-24(20-25)10-16-32-22(5)27/h18-20H,6-17H2,1-5H3. The Bertz CT molecular complexity index is 654. The molecule has 0 saturated heterocycles. The van der Waals surface area contributed by atoms with Crippen molar-refractivity contribution in [3.63, 3.8) is 0 Å². The van der Waals surface area contributed by atoms with Crippen LogP contribution in [0.3, 0.4) is 0 Å². The molecule has 0 heterocycles. The van der Waals surface area contributed by atoms with Gasteiger partial charge in [-0.3, -0.25) is 9.59 Å². The molecule has 1 aromatic rings. The third-order valence-electron chi connectivity index (χ3n) is 4.80. The smallest absolute Gasteiger partial charge is 0.373 e. The van der Waals surface area contributed by atoms with Gasteiger partial charge in [-0.15, -0.1) is 0 Å². The van der Waals surface area contributed by atoms with Crippen molar-refractivity contribution in [1.29, 1.82) is 0 Å². The van der Waals surface area contributed by atoms with E-state index in [9.17, 15) is 9.59 Å². The molecule has 0 saturated carbocycles. The zero-order valence-electron chi connectivity index (χ0n) is 21.1. The minimum Gasteiger partial charge on any atom is -0.373 e. The number of rotatable bonds is 18. The van der Waals surface area contributed by atoms with Gasteiger partial charge >= 0.3 is 8.80 Å². The first-order valence-corrected chi connectivity index (χ1v) is 16.0. The zero-order valence-corrected chi connectivity index (χ0v) is 23.7. The second-order valence-electron chi connectivity index (χ2n) is 8.07. The maximum absolute atomic E-state index is 11.3. The van der Waals surface area contributed by atoms with Crippen molar-refractivity contribution >= 4 is 42.6 Å². The van der Waals surface area contributed by atoms with Crippen molar-refractivity contribution < 1.29 is 22.9 Å². The topological polar surface area (TPSA) is 61.8 Å². The molecule has 0 aromatic heterocycles. The van der Waals surface area contributed by atoms with Crippen LogP contribution in [-0.4, -0.2) is 50.4 Å². The van der Waals surface area contributed by atoms with Gasteiger partial charge < -0.3 is 13.3 Å². The highest BCUT2D eigenvalue weighted by molar-refractivity contribution is 8.13. The lowest BCUT2D eigenvalue weighted by Crippen LogP contribution is -2.47. The molecular weight excluding hydrogens is 472 g/mol. The molecule has 5 nitrogen and oxygen atoms in total. The number of aryl methyl sites for hydroxylation is 3. The zero-order chi connectivity index (χ0) is 24.5. The predicted molar refractivity (Wildman–Crippen MR) is 143 cm³/mol. The van der Waals surface area contributed by atoms with Crippen molar-refractivity contribution in [1.82, 2.24) is 0 Å². The van der Waals surface area contributed by atoms with Gasteiger partial charge in [0.15, 0.2) is 10.2 Å². The van der Waals surface area contributed by atoms with Gasteiger partial charge in [0, 0.05) is 51.2 Å². The van der Waals surface area contributed by atoms with Crippen molar-refractivity contribution in [2.24, 2.45) is 0 Å². The molecule has 0 atom stereocenters. The van der Waals surface area contributed by atoms with E-state index in [4.69, 9.17) is 13.3 Å². The number of hydrogen-bond donors (Lipinski definition) is 0. The number of carbonyl (C=O) groups is 2. The van der Waals surface area contributed by atoms with Crippen LogP contribution in [0.15, 0.2) is 18.2 Å². The SMILES string of the molecule is CCCO[Si](CCc1cc(CCSC(C)=O)cc(CCSC(C)=O)c1)(OCCC)OCCC. The molecule has 0 spiro atoms. The lowest BCUT2D eigenvalue weighted by Gasteiger charge is -2.29. The summed E-state index contributed by atoms with van der Waals surface area (Å²) in [7, 11) is -2.75. The minimum absolute atomic E-state index is 0.147. The van der Waals surface area contributed by atoms with E-state index in [0.29, 0.717) is 19.8 Å². The van der Waals surface area contributed by atoms with Crippen molar-refractivity contribution in [3.8, 4) is 0 Å². The first kappa shape index (κ1) is 30.4. The third-order valence-corrected chi connectivity index (χ3v) is 9.23. The Balaban J connectivity index is 3.02. The van der Waals surface area contributed by atoms with Gasteiger partial charge in [0.05, 0.1) is 0 Å². The van der Waals surface area contributed by atoms with Crippen LogP contribution in [-0.2, 0) is 42.1 Å². The molecule has 188 valence electrons. The molecule has 0 bridgehead atoms. The average molecular weight is 515 g/mol. The number of benzene rings is 1. The molecule has 0 N–H and O–H groups in total. The van der Waals surface area contributed by atoms with Gasteiger partial charge in [-0.1, -0.05) is 62.5 Å². The van der Waals surface area contributed by atoms with Crippen LogP contribution in [0.5, 0.6) is 0 Å². The second kappa shape index (κ2) is 17.7. The Labute approximate surface area is 210 Å². The molecule has 33 heavy (non-hydrogen) atoms. The summed E-state index contributed by atoms with van der Waals surface area (Å²) in [6.45, 7) is 11.5. The minimum atomic E-state index is -2.75. The van der Waals surface area contributed by atoms with Gasteiger partial charge in [-0.05, 0) is 55.2 Å². The Hall–Kier alpha value is -0.643. The van der Waals surface area contributed by atoms with Crippen LogP contribution in [0.4, 0.5) is 0 Å². The van der Waals surface area contributed by atoms with Crippen LogP contribution in [0.25, 0.3) is 0 Å². The molecule has 1 aromatic carbocycles. The number of thioether (sulfide) groups is 2. The largest absolute Gasteiger partial charge is 0.501 e. The van der Waals surface area contributed by atoms with Gasteiger partial charge in [0.1, 0.15) is 0 Å². The Morgan fingerprint density at radius 2 is 1.06 bits per heavy atom. The first-order chi connectivity index (χ1) is 15.8. The summed E-state index contributed by atoms with van der Waals surface area (Å²) in [6, 6.07) is 7.44. The maximum atomic E-state index is 11.3. The fourth-order valence-corrected chi connectivity index (χ4v) is 7.38. The van der Waals surface area contributed by atoms with E-state index in [1.807, 2.05) is 0 Å². The van der Waals surface area contributed by atoms with Gasteiger partial charge in [0.25, 0.3) is 0 Å². The van der Waals surface area contributed by atoms with Gasteiger partial charge in [0.2, 0.25) is 0 Å². The Kier molecular flexibility index (Phi) is 16.3.